The number of thiophene rings is 1. The average molecular weight is 385 g/mol. The molecule has 0 spiro atoms. The number of carbonyl (C=O) groups is 1. The van der Waals surface area contributed by atoms with Gasteiger partial charge in [0.05, 0.1) is 11.6 Å². The Morgan fingerprint density at radius 1 is 1.22 bits per heavy atom. The zero-order valence-electron chi connectivity index (χ0n) is 16.0. The molecule has 0 unspecified atom stereocenters. The molecule has 0 atom stereocenters. The number of fused-ring (bicyclic) bond motifs is 1. The predicted octanol–water partition coefficient (Wildman–Crippen LogP) is 3.82. The molecule has 0 aliphatic carbocycles. The Bertz CT molecular complexity index is 956. The molecule has 0 bridgehead atoms. The van der Waals surface area contributed by atoms with Crippen molar-refractivity contribution in [2.75, 3.05) is 31.1 Å². The van der Waals surface area contributed by atoms with Crippen LogP contribution < -0.4 is 4.90 Å². The fourth-order valence-electron chi connectivity index (χ4n) is 3.51. The van der Waals surface area contributed by atoms with Crippen LogP contribution in [-0.4, -0.2) is 47.0 Å². The summed E-state index contributed by atoms with van der Waals surface area (Å²) >= 11 is 1.75. The number of hydrogen-bond donors (Lipinski definition) is 0. The zero-order chi connectivity index (χ0) is 19.0. The van der Waals surface area contributed by atoms with Crippen LogP contribution in [0.2, 0.25) is 0 Å². The molecule has 3 aromatic rings. The minimum atomic E-state index is -0.0401. The van der Waals surface area contributed by atoms with Crippen LogP contribution in [0.4, 0.5) is 5.82 Å². The fraction of sp³-hybridized carbons (Fsp3) is 0.450. The van der Waals surface area contributed by atoms with Crippen molar-refractivity contribution >= 4 is 33.3 Å². The monoisotopic (exact) mass is 384 g/mol. The van der Waals surface area contributed by atoms with Crippen LogP contribution in [0.15, 0.2) is 22.8 Å². The Labute approximate surface area is 162 Å². The molecule has 1 aliphatic rings. The van der Waals surface area contributed by atoms with Gasteiger partial charge in [0.25, 0.3) is 5.91 Å². The second kappa shape index (κ2) is 7.31. The largest absolute Gasteiger partial charge is 0.459 e. The summed E-state index contributed by atoms with van der Waals surface area (Å²) in [6, 6.07) is 3.47. The second-order valence-electron chi connectivity index (χ2n) is 6.93. The molecule has 1 saturated heterocycles. The minimum absolute atomic E-state index is 0.0401. The lowest BCUT2D eigenvalue weighted by Gasteiger charge is -2.35. The maximum Gasteiger partial charge on any atom is 0.289 e. The third-order valence-electron chi connectivity index (χ3n) is 5.13. The number of nitrogens with zero attached hydrogens (tertiary/aromatic N) is 4. The summed E-state index contributed by atoms with van der Waals surface area (Å²) in [6.45, 7) is 9.29. The van der Waals surface area contributed by atoms with Gasteiger partial charge >= 0.3 is 0 Å². The van der Waals surface area contributed by atoms with Crippen molar-refractivity contribution in [2.45, 2.75) is 33.6 Å². The highest BCUT2D eigenvalue weighted by molar-refractivity contribution is 7.18. The summed E-state index contributed by atoms with van der Waals surface area (Å²) in [5, 5.41) is 1.17. The van der Waals surface area contributed by atoms with E-state index in [1.807, 2.05) is 4.90 Å². The molecular formula is C20H24N4O2S. The molecule has 1 fully saturated rings. The van der Waals surface area contributed by atoms with Gasteiger partial charge in [-0.1, -0.05) is 6.92 Å². The number of aryl methyl sites for hydroxylation is 3. The topological polar surface area (TPSA) is 62.5 Å². The highest BCUT2D eigenvalue weighted by Gasteiger charge is 2.26. The summed E-state index contributed by atoms with van der Waals surface area (Å²) < 4.78 is 5.25. The molecular weight excluding hydrogens is 360 g/mol. The summed E-state index contributed by atoms with van der Waals surface area (Å²) in [5.41, 5.74) is 1.27. The Hall–Kier alpha value is -2.41. The number of hydrogen-bond acceptors (Lipinski definition) is 6. The molecule has 7 heteroatoms. The number of carbonyl (C=O) groups excluding carboxylic acids is 1. The molecule has 0 radical (unpaired) electrons. The van der Waals surface area contributed by atoms with Crippen LogP contribution in [0.1, 0.15) is 40.2 Å². The van der Waals surface area contributed by atoms with Crippen molar-refractivity contribution < 1.29 is 9.21 Å². The van der Waals surface area contributed by atoms with Crippen molar-refractivity contribution in [3.8, 4) is 0 Å². The number of rotatable bonds is 4. The number of furan rings is 1. The standard InChI is InChI=1S/C20H24N4O2S/c1-4-6-16-21-18(17-13(2)14(3)27-19(17)22-16)23-8-10-24(11-9-23)20(25)15-7-5-12-26-15/h5,7,12H,4,6,8-11H2,1-3H3. The zero-order valence-corrected chi connectivity index (χ0v) is 16.8. The van der Waals surface area contributed by atoms with E-state index in [4.69, 9.17) is 14.4 Å². The average Bonchev–Trinajstić information content (AvgIpc) is 3.30. The van der Waals surface area contributed by atoms with E-state index in [0.717, 1.165) is 42.4 Å². The van der Waals surface area contributed by atoms with E-state index in [0.29, 0.717) is 18.8 Å². The smallest absolute Gasteiger partial charge is 0.289 e. The molecule has 6 nitrogen and oxygen atoms in total. The van der Waals surface area contributed by atoms with Crippen LogP contribution in [0.5, 0.6) is 0 Å². The number of anilines is 1. The quantitative estimate of drug-likeness (QED) is 0.684. The molecule has 0 saturated carbocycles. The van der Waals surface area contributed by atoms with Gasteiger partial charge < -0.3 is 14.2 Å². The number of aromatic nitrogens is 2. The first-order valence-electron chi connectivity index (χ1n) is 9.42. The Balaban J connectivity index is 1.60. The van der Waals surface area contributed by atoms with Gasteiger partial charge in [-0.05, 0) is 38.0 Å². The van der Waals surface area contributed by atoms with Gasteiger partial charge in [-0.2, -0.15) is 0 Å². The van der Waals surface area contributed by atoms with E-state index in [2.05, 4.69) is 25.7 Å². The lowest BCUT2D eigenvalue weighted by molar-refractivity contribution is 0.0714. The Kier molecular flexibility index (Phi) is 4.86. The van der Waals surface area contributed by atoms with Crippen LogP contribution in [0.3, 0.4) is 0 Å². The summed E-state index contributed by atoms with van der Waals surface area (Å²) in [5.74, 6) is 2.30. The first-order valence-corrected chi connectivity index (χ1v) is 10.2. The highest BCUT2D eigenvalue weighted by atomic mass is 32.1. The second-order valence-corrected chi connectivity index (χ2v) is 8.14. The van der Waals surface area contributed by atoms with E-state index in [-0.39, 0.29) is 5.91 Å². The third-order valence-corrected chi connectivity index (χ3v) is 6.23. The third kappa shape index (κ3) is 3.32. The van der Waals surface area contributed by atoms with Crippen molar-refractivity contribution in [1.82, 2.24) is 14.9 Å². The molecule has 0 aromatic carbocycles. The van der Waals surface area contributed by atoms with E-state index in [1.54, 1.807) is 23.5 Å². The summed E-state index contributed by atoms with van der Waals surface area (Å²) in [6.07, 6.45) is 3.45. The molecule has 4 rings (SSSR count). The first-order chi connectivity index (χ1) is 13.1. The van der Waals surface area contributed by atoms with Gasteiger partial charge in [0.15, 0.2) is 5.76 Å². The van der Waals surface area contributed by atoms with Crippen LogP contribution in [0.25, 0.3) is 10.2 Å². The Morgan fingerprint density at radius 3 is 2.67 bits per heavy atom. The van der Waals surface area contributed by atoms with Gasteiger partial charge in [0.2, 0.25) is 0 Å². The molecule has 27 heavy (non-hydrogen) atoms. The van der Waals surface area contributed by atoms with Crippen molar-refractivity contribution in [3.05, 3.63) is 40.4 Å². The lowest BCUT2D eigenvalue weighted by atomic mass is 10.2. The lowest BCUT2D eigenvalue weighted by Crippen LogP contribution is -2.49. The van der Waals surface area contributed by atoms with E-state index >= 15 is 0 Å². The van der Waals surface area contributed by atoms with Crippen molar-refractivity contribution in [2.24, 2.45) is 0 Å². The Morgan fingerprint density at radius 2 is 2.00 bits per heavy atom. The molecule has 0 N–H and O–H groups in total. The maximum atomic E-state index is 12.5. The SMILES string of the molecule is CCCc1nc(N2CCN(C(=O)c3ccco3)CC2)c2c(C)c(C)sc2n1. The van der Waals surface area contributed by atoms with Gasteiger partial charge in [-0.25, -0.2) is 9.97 Å². The van der Waals surface area contributed by atoms with Gasteiger partial charge in [0, 0.05) is 37.5 Å². The molecule has 1 amide bonds. The minimum Gasteiger partial charge on any atom is -0.459 e. The van der Waals surface area contributed by atoms with Gasteiger partial charge in [-0.3, -0.25) is 4.79 Å². The molecule has 3 aromatic heterocycles. The van der Waals surface area contributed by atoms with E-state index in [1.165, 1.54) is 22.1 Å². The first kappa shape index (κ1) is 18.0. The van der Waals surface area contributed by atoms with Crippen molar-refractivity contribution in [1.29, 1.82) is 0 Å². The van der Waals surface area contributed by atoms with Gasteiger partial charge in [-0.15, -0.1) is 11.3 Å². The molecule has 1 aliphatic heterocycles. The van der Waals surface area contributed by atoms with E-state index in [9.17, 15) is 4.79 Å². The van der Waals surface area contributed by atoms with Crippen molar-refractivity contribution in [3.63, 3.8) is 0 Å². The maximum absolute atomic E-state index is 12.5. The molecule has 142 valence electrons. The van der Waals surface area contributed by atoms with Gasteiger partial charge in [0.1, 0.15) is 16.5 Å². The predicted molar refractivity (Wildman–Crippen MR) is 108 cm³/mol. The summed E-state index contributed by atoms with van der Waals surface area (Å²) in [4.78, 5) is 28.7. The fourth-order valence-corrected chi connectivity index (χ4v) is 4.56. The summed E-state index contributed by atoms with van der Waals surface area (Å²) in [7, 11) is 0. The van der Waals surface area contributed by atoms with Crippen LogP contribution in [-0.2, 0) is 6.42 Å². The normalized spacial score (nSPS) is 14.9. The number of piperazine rings is 1. The number of amides is 1. The van der Waals surface area contributed by atoms with E-state index < -0.39 is 0 Å². The highest BCUT2D eigenvalue weighted by Crippen LogP contribution is 2.35. The van der Waals surface area contributed by atoms with Crippen LogP contribution in [0, 0.1) is 13.8 Å². The molecule has 4 heterocycles. The van der Waals surface area contributed by atoms with Crippen LogP contribution >= 0.6 is 11.3 Å².